The molecule has 0 radical (unpaired) electrons. The average Bonchev–Trinajstić information content (AvgIpc) is 3.54. The van der Waals surface area contributed by atoms with E-state index in [1.54, 1.807) is 17.5 Å². The van der Waals surface area contributed by atoms with E-state index >= 15 is 0 Å². The quantitative estimate of drug-likeness (QED) is 0.226. The summed E-state index contributed by atoms with van der Waals surface area (Å²) in [6, 6.07) is 1.67. The number of esters is 1. The number of aromatic nitrogens is 4. The van der Waals surface area contributed by atoms with Gasteiger partial charge in [-0.15, -0.1) is 11.3 Å². The Morgan fingerprint density at radius 1 is 1.20 bits per heavy atom. The Balaban J connectivity index is 1.54. The fourth-order valence-corrected chi connectivity index (χ4v) is 7.03. The van der Waals surface area contributed by atoms with E-state index in [0.29, 0.717) is 23.9 Å². The van der Waals surface area contributed by atoms with Crippen LogP contribution in [-0.2, 0) is 23.8 Å². The summed E-state index contributed by atoms with van der Waals surface area (Å²) < 4.78 is 19.2. The number of hydrogen-bond donors (Lipinski definition) is 2. The number of ether oxygens (including phenoxy) is 3. The van der Waals surface area contributed by atoms with Gasteiger partial charge in [0.15, 0.2) is 17.0 Å². The number of thiazole rings is 1. The SMILES string of the molecule is CCNC(=O)C(OC(C)=O)[C@H]1C[C@@H](Nc2nc(SC)nc(C)c2-c2nc3c(C)nccc3s2)[C@@H]2OC(C)(C)O[C@@H]21. The van der Waals surface area contributed by atoms with Gasteiger partial charge in [-0.3, -0.25) is 14.6 Å². The lowest BCUT2D eigenvalue weighted by molar-refractivity contribution is -0.172. The summed E-state index contributed by atoms with van der Waals surface area (Å²) in [5.41, 5.74) is 3.30. The molecule has 2 N–H and O–H groups in total. The number of anilines is 1. The number of likely N-dealkylation sites (N-methyl/N-ethyl adjacent to an activating group) is 1. The predicted molar refractivity (Wildman–Crippen MR) is 153 cm³/mol. The molecule has 0 aromatic carbocycles. The third kappa shape index (κ3) is 5.52. The zero-order valence-corrected chi connectivity index (χ0v) is 25.2. The summed E-state index contributed by atoms with van der Waals surface area (Å²) in [5.74, 6) is -1.55. The third-order valence-corrected chi connectivity index (χ3v) is 8.66. The van der Waals surface area contributed by atoms with Crippen LogP contribution in [-0.4, -0.2) is 74.8 Å². The molecule has 4 heterocycles. The van der Waals surface area contributed by atoms with Crippen LogP contribution in [0.25, 0.3) is 20.8 Å². The Kier molecular flexibility index (Phi) is 8.01. The first kappa shape index (κ1) is 28.7. The lowest BCUT2D eigenvalue weighted by atomic mass is 9.97. The highest BCUT2D eigenvalue weighted by Gasteiger charge is 2.58. The number of carbonyl (C=O) groups is 2. The molecule has 5 rings (SSSR count). The highest BCUT2D eigenvalue weighted by Crippen LogP contribution is 2.46. The van der Waals surface area contributed by atoms with Gasteiger partial charge in [0.05, 0.1) is 33.8 Å². The molecule has 13 heteroatoms. The van der Waals surface area contributed by atoms with Crippen molar-refractivity contribution in [2.75, 3.05) is 18.1 Å². The smallest absolute Gasteiger partial charge is 0.303 e. The highest BCUT2D eigenvalue weighted by atomic mass is 32.2. The van der Waals surface area contributed by atoms with Crippen molar-refractivity contribution >= 4 is 51.0 Å². The molecule has 40 heavy (non-hydrogen) atoms. The molecular formula is C27H34N6O5S2. The minimum atomic E-state index is -1.01. The second-order valence-electron chi connectivity index (χ2n) is 10.4. The molecule has 1 saturated carbocycles. The van der Waals surface area contributed by atoms with E-state index in [1.807, 2.05) is 46.9 Å². The van der Waals surface area contributed by atoms with Crippen molar-refractivity contribution in [3.05, 3.63) is 23.7 Å². The van der Waals surface area contributed by atoms with E-state index in [4.69, 9.17) is 29.2 Å². The number of nitrogens with one attached hydrogen (secondary N) is 2. The largest absolute Gasteiger partial charge is 0.452 e. The van der Waals surface area contributed by atoms with E-state index < -0.39 is 36.0 Å². The number of pyridine rings is 1. The molecule has 1 aliphatic carbocycles. The van der Waals surface area contributed by atoms with Gasteiger partial charge in [-0.25, -0.2) is 15.0 Å². The minimum absolute atomic E-state index is 0.287. The van der Waals surface area contributed by atoms with Gasteiger partial charge >= 0.3 is 5.97 Å². The van der Waals surface area contributed by atoms with Gasteiger partial charge in [-0.2, -0.15) is 0 Å². The minimum Gasteiger partial charge on any atom is -0.452 e. The third-order valence-electron chi connectivity index (χ3n) is 7.08. The van der Waals surface area contributed by atoms with Gasteiger partial charge in [-0.05, 0) is 53.4 Å². The van der Waals surface area contributed by atoms with E-state index in [0.717, 1.165) is 32.2 Å². The van der Waals surface area contributed by atoms with Crippen molar-refractivity contribution in [1.82, 2.24) is 25.3 Å². The molecule has 3 aromatic heterocycles. The van der Waals surface area contributed by atoms with E-state index in [9.17, 15) is 9.59 Å². The van der Waals surface area contributed by atoms with Gasteiger partial charge < -0.3 is 24.8 Å². The lowest BCUT2D eigenvalue weighted by Crippen LogP contribution is -2.45. The zero-order valence-electron chi connectivity index (χ0n) is 23.6. The first-order chi connectivity index (χ1) is 19.0. The zero-order chi connectivity index (χ0) is 28.8. The Morgan fingerprint density at radius 3 is 2.62 bits per heavy atom. The second-order valence-corrected chi connectivity index (χ2v) is 12.2. The Morgan fingerprint density at radius 2 is 1.95 bits per heavy atom. The van der Waals surface area contributed by atoms with Crippen molar-refractivity contribution in [2.45, 2.75) is 83.3 Å². The van der Waals surface area contributed by atoms with Crippen LogP contribution >= 0.6 is 23.1 Å². The van der Waals surface area contributed by atoms with Crippen LogP contribution in [0.4, 0.5) is 5.82 Å². The number of fused-ring (bicyclic) bond motifs is 2. The van der Waals surface area contributed by atoms with Crippen LogP contribution in [0.15, 0.2) is 17.4 Å². The van der Waals surface area contributed by atoms with Gasteiger partial charge in [0, 0.05) is 25.6 Å². The van der Waals surface area contributed by atoms with Crippen molar-refractivity contribution < 1.29 is 23.8 Å². The Bertz CT molecular complexity index is 1450. The Hall–Kier alpha value is -2.87. The number of amides is 1. The lowest BCUT2D eigenvalue weighted by Gasteiger charge is -2.28. The van der Waals surface area contributed by atoms with Crippen molar-refractivity contribution in [2.24, 2.45) is 5.92 Å². The fourth-order valence-electron chi connectivity index (χ4n) is 5.51. The van der Waals surface area contributed by atoms with Crippen LogP contribution in [0, 0.1) is 19.8 Å². The Labute approximate surface area is 241 Å². The molecule has 2 fully saturated rings. The predicted octanol–water partition coefficient (Wildman–Crippen LogP) is 3.88. The van der Waals surface area contributed by atoms with E-state index in [1.165, 1.54) is 18.7 Å². The van der Waals surface area contributed by atoms with Gasteiger partial charge in [0.2, 0.25) is 0 Å². The molecule has 0 bridgehead atoms. The van der Waals surface area contributed by atoms with Crippen molar-refractivity contribution in [1.29, 1.82) is 0 Å². The molecule has 214 valence electrons. The summed E-state index contributed by atoms with van der Waals surface area (Å²) in [7, 11) is 0. The molecule has 11 nitrogen and oxygen atoms in total. The van der Waals surface area contributed by atoms with Gasteiger partial charge in [0.1, 0.15) is 22.4 Å². The van der Waals surface area contributed by atoms with Crippen molar-refractivity contribution in [3.63, 3.8) is 0 Å². The first-order valence-electron chi connectivity index (χ1n) is 13.2. The first-order valence-corrected chi connectivity index (χ1v) is 15.3. The van der Waals surface area contributed by atoms with Crippen LogP contribution in [0.5, 0.6) is 0 Å². The number of hydrogen-bond acceptors (Lipinski definition) is 12. The molecule has 3 aromatic rings. The molecular weight excluding hydrogens is 552 g/mol. The monoisotopic (exact) mass is 586 g/mol. The molecule has 1 saturated heterocycles. The molecule has 5 atom stereocenters. The van der Waals surface area contributed by atoms with Gasteiger partial charge in [-0.1, -0.05) is 11.8 Å². The average molecular weight is 587 g/mol. The number of aryl methyl sites for hydroxylation is 2. The van der Waals surface area contributed by atoms with Crippen LogP contribution in [0.3, 0.4) is 0 Å². The standard InChI is InChI=1S/C27H34N6O5S2/c1-8-28-24(35)21(36-14(4)34)15-11-16(22-20(15)37-27(5,6)38-22)31-23-18(12(2)30-26(33-23)39-7)25-32-19-13(3)29-10-9-17(19)40-25/h9-10,15-16,20-22H,8,11H2,1-7H3,(H,28,35)(H,30,31,33)/t15-,16+,20+,21?,22-/m0/s1. The van der Waals surface area contributed by atoms with Gasteiger partial charge in [0.25, 0.3) is 5.91 Å². The highest BCUT2D eigenvalue weighted by molar-refractivity contribution is 7.98. The second kappa shape index (κ2) is 11.2. The van der Waals surface area contributed by atoms with Crippen LogP contribution < -0.4 is 10.6 Å². The van der Waals surface area contributed by atoms with E-state index in [-0.39, 0.29) is 11.9 Å². The number of carbonyl (C=O) groups excluding carboxylic acids is 2. The summed E-state index contributed by atoms with van der Waals surface area (Å²) in [6.07, 6.45) is 2.28. The van der Waals surface area contributed by atoms with Crippen LogP contribution in [0.2, 0.25) is 0 Å². The summed E-state index contributed by atoms with van der Waals surface area (Å²) in [6.45, 7) is 11.1. The molecule has 1 amide bonds. The topological polar surface area (TPSA) is 137 Å². The maximum absolute atomic E-state index is 13.0. The van der Waals surface area contributed by atoms with E-state index in [2.05, 4.69) is 15.6 Å². The summed E-state index contributed by atoms with van der Waals surface area (Å²) >= 11 is 3.01. The fraction of sp³-hybridized carbons (Fsp3) is 0.556. The summed E-state index contributed by atoms with van der Waals surface area (Å²) in [5, 5.41) is 7.81. The maximum Gasteiger partial charge on any atom is 0.303 e. The normalized spacial score (nSPS) is 24.1. The molecule has 0 spiro atoms. The van der Waals surface area contributed by atoms with Crippen LogP contribution in [0.1, 0.15) is 45.5 Å². The number of thioether (sulfide) groups is 1. The number of nitrogens with zero attached hydrogens (tertiary/aromatic N) is 4. The molecule has 2 aliphatic rings. The maximum atomic E-state index is 13.0. The number of rotatable bonds is 8. The van der Waals surface area contributed by atoms with Crippen molar-refractivity contribution in [3.8, 4) is 10.6 Å². The molecule has 1 aliphatic heterocycles. The summed E-state index contributed by atoms with van der Waals surface area (Å²) in [4.78, 5) is 43.9. The molecule has 1 unspecified atom stereocenters.